The Kier molecular flexibility index (Phi) is 9.32. The summed E-state index contributed by atoms with van der Waals surface area (Å²) in [6.07, 6.45) is 4.67. The van der Waals surface area contributed by atoms with Crippen LogP contribution in [0.1, 0.15) is 30.4 Å². The summed E-state index contributed by atoms with van der Waals surface area (Å²) in [6, 6.07) is 21.8. The highest BCUT2D eigenvalue weighted by Crippen LogP contribution is 2.24. The number of rotatable bonds is 10. The summed E-state index contributed by atoms with van der Waals surface area (Å²) in [6.45, 7) is 3.01. The van der Waals surface area contributed by atoms with Gasteiger partial charge in [0, 0.05) is 13.1 Å². The predicted octanol–water partition coefficient (Wildman–Crippen LogP) is 3.73. The maximum atomic E-state index is 13.3. The van der Waals surface area contributed by atoms with E-state index in [4.69, 9.17) is 4.74 Å². The van der Waals surface area contributed by atoms with Crippen LogP contribution in [0.4, 0.5) is 5.69 Å². The third kappa shape index (κ3) is 7.67. The molecule has 1 aliphatic rings. The number of nitrogens with one attached hydrogen (secondary N) is 1. The molecule has 0 unspecified atom stereocenters. The van der Waals surface area contributed by atoms with Crippen molar-refractivity contribution in [2.24, 2.45) is 5.10 Å². The number of hydrogen-bond acceptors (Lipinski definition) is 6. The molecule has 1 fully saturated rings. The Hall–Kier alpha value is -4.18. The zero-order valence-corrected chi connectivity index (χ0v) is 22.6. The van der Waals surface area contributed by atoms with Crippen molar-refractivity contribution in [2.45, 2.75) is 31.1 Å². The molecule has 0 saturated carbocycles. The first-order valence-electron chi connectivity index (χ1n) is 12.8. The van der Waals surface area contributed by atoms with Crippen molar-refractivity contribution in [3.05, 3.63) is 90.0 Å². The molecule has 0 atom stereocenters. The molecule has 39 heavy (non-hydrogen) atoms. The van der Waals surface area contributed by atoms with Crippen LogP contribution in [0.2, 0.25) is 0 Å². The number of benzene rings is 3. The summed E-state index contributed by atoms with van der Waals surface area (Å²) in [5, 5.41) is 3.97. The van der Waals surface area contributed by atoms with Crippen molar-refractivity contribution in [2.75, 3.05) is 30.5 Å². The minimum Gasteiger partial charge on any atom is -0.484 e. The van der Waals surface area contributed by atoms with Crippen LogP contribution >= 0.6 is 0 Å². The van der Waals surface area contributed by atoms with Gasteiger partial charge in [0.25, 0.3) is 21.8 Å². The largest absolute Gasteiger partial charge is 0.484 e. The second-order valence-electron chi connectivity index (χ2n) is 9.25. The zero-order valence-electron chi connectivity index (χ0n) is 21.8. The van der Waals surface area contributed by atoms with Gasteiger partial charge in [-0.05, 0) is 80.3 Å². The summed E-state index contributed by atoms with van der Waals surface area (Å²) < 4.78 is 33.3. The molecule has 3 aromatic carbocycles. The van der Waals surface area contributed by atoms with Gasteiger partial charge in [-0.15, -0.1) is 0 Å². The molecule has 0 radical (unpaired) electrons. The normalized spacial score (nSPS) is 13.7. The molecular formula is C29H32N4O5S. The van der Waals surface area contributed by atoms with Crippen molar-refractivity contribution in [3.63, 3.8) is 0 Å². The van der Waals surface area contributed by atoms with Crippen molar-refractivity contribution >= 4 is 33.7 Å². The molecule has 0 bridgehead atoms. The van der Waals surface area contributed by atoms with E-state index in [1.54, 1.807) is 66.7 Å². The van der Waals surface area contributed by atoms with Gasteiger partial charge in [0.1, 0.15) is 12.3 Å². The summed E-state index contributed by atoms with van der Waals surface area (Å²) in [7, 11) is -3.98. The van der Waals surface area contributed by atoms with Gasteiger partial charge in [0.15, 0.2) is 6.61 Å². The average Bonchev–Trinajstić information content (AvgIpc) is 2.97. The van der Waals surface area contributed by atoms with E-state index in [9.17, 15) is 18.0 Å². The van der Waals surface area contributed by atoms with Gasteiger partial charge in [-0.3, -0.25) is 13.9 Å². The summed E-state index contributed by atoms with van der Waals surface area (Å²) in [5.74, 6) is -0.0547. The van der Waals surface area contributed by atoms with Crippen LogP contribution in [-0.2, 0) is 19.6 Å². The number of anilines is 1. The number of nitrogens with zero attached hydrogens (tertiary/aromatic N) is 3. The summed E-state index contributed by atoms with van der Waals surface area (Å²) in [5.41, 5.74) is 4.43. The molecule has 1 aliphatic heterocycles. The van der Waals surface area contributed by atoms with Crippen LogP contribution < -0.4 is 14.5 Å². The highest BCUT2D eigenvalue weighted by atomic mass is 32.2. The number of likely N-dealkylation sites (tertiary alicyclic amines) is 1. The predicted molar refractivity (Wildman–Crippen MR) is 150 cm³/mol. The highest BCUT2D eigenvalue weighted by Gasteiger charge is 2.27. The quantitative estimate of drug-likeness (QED) is 0.307. The number of aryl methyl sites for hydroxylation is 1. The lowest BCUT2D eigenvalue weighted by Gasteiger charge is -2.26. The minimum atomic E-state index is -3.98. The second kappa shape index (κ2) is 13.1. The van der Waals surface area contributed by atoms with E-state index in [2.05, 4.69) is 10.5 Å². The van der Waals surface area contributed by atoms with Crippen molar-refractivity contribution < 1.29 is 22.7 Å². The molecule has 10 heteroatoms. The molecule has 1 N–H and O–H groups in total. The van der Waals surface area contributed by atoms with Crippen molar-refractivity contribution in [1.82, 2.24) is 10.3 Å². The van der Waals surface area contributed by atoms with Gasteiger partial charge < -0.3 is 9.64 Å². The fraction of sp³-hybridized carbons (Fsp3) is 0.276. The van der Waals surface area contributed by atoms with E-state index in [-0.39, 0.29) is 17.4 Å². The van der Waals surface area contributed by atoms with Crippen LogP contribution in [0.3, 0.4) is 0 Å². The van der Waals surface area contributed by atoms with Crippen molar-refractivity contribution in [1.29, 1.82) is 0 Å². The topological polar surface area (TPSA) is 108 Å². The first kappa shape index (κ1) is 27.8. The van der Waals surface area contributed by atoms with Crippen LogP contribution in [0.15, 0.2) is 88.9 Å². The van der Waals surface area contributed by atoms with Gasteiger partial charge in [-0.1, -0.05) is 35.9 Å². The lowest BCUT2D eigenvalue weighted by atomic mass is 10.1. The number of amides is 2. The van der Waals surface area contributed by atoms with Crippen LogP contribution in [0.5, 0.6) is 5.75 Å². The van der Waals surface area contributed by atoms with E-state index >= 15 is 0 Å². The first-order chi connectivity index (χ1) is 18.8. The van der Waals surface area contributed by atoms with E-state index in [1.165, 1.54) is 18.3 Å². The highest BCUT2D eigenvalue weighted by molar-refractivity contribution is 7.92. The SMILES string of the molecule is Cc1ccc(N(CC(=O)N/N=C\c2ccc(OCC(=O)N3CCCCC3)cc2)S(=O)(=O)c2ccccc2)cc1. The second-order valence-corrected chi connectivity index (χ2v) is 11.1. The van der Waals surface area contributed by atoms with Crippen LogP contribution in [-0.4, -0.2) is 57.6 Å². The van der Waals surface area contributed by atoms with Gasteiger partial charge in [-0.2, -0.15) is 5.10 Å². The Bertz CT molecular complexity index is 1390. The molecule has 1 heterocycles. The maximum Gasteiger partial charge on any atom is 0.264 e. The minimum absolute atomic E-state index is 0.00708. The van der Waals surface area contributed by atoms with E-state index in [0.717, 1.165) is 42.2 Å². The van der Waals surface area contributed by atoms with Crippen molar-refractivity contribution in [3.8, 4) is 5.75 Å². The van der Waals surface area contributed by atoms with E-state index in [0.29, 0.717) is 17.0 Å². The molecule has 0 spiro atoms. The average molecular weight is 549 g/mol. The third-order valence-corrected chi connectivity index (χ3v) is 8.08. The van der Waals surface area contributed by atoms with E-state index in [1.807, 2.05) is 11.8 Å². The molecule has 0 aliphatic carbocycles. The van der Waals surface area contributed by atoms with Crippen LogP contribution in [0, 0.1) is 6.92 Å². The Morgan fingerprint density at radius 3 is 2.28 bits per heavy atom. The third-order valence-electron chi connectivity index (χ3n) is 6.29. The number of piperidine rings is 1. The Morgan fingerprint density at radius 2 is 1.62 bits per heavy atom. The lowest BCUT2D eigenvalue weighted by molar-refractivity contribution is -0.134. The molecule has 4 rings (SSSR count). The number of hydrogen-bond donors (Lipinski definition) is 1. The zero-order chi connectivity index (χ0) is 27.7. The number of sulfonamides is 1. The Labute approximate surface area is 229 Å². The van der Waals surface area contributed by atoms with E-state index < -0.39 is 22.5 Å². The van der Waals surface area contributed by atoms with Gasteiger partial charge in [0.05, 0.1) is 16.8 Å². The Morgan fingerprint density at radius 1 is 0.949 bits per heavy atom. The Balaban J connectivity index is 1.35. The molecule has 1 saturated heterocycles. The fourth-order valence-corrected chi connectivity index (χ4v) is 5.56. The molecule has 9 nitrogen and oxygen atoms in total. The maximum absolute atomic E-state index is 13.3. The van der Waals surface area contributed by atoms with Gasteiger partial charge in [0.2, 0.25) is 0 Å². The molecule has 204 valence electrons. The number of carbonyl (C=O) groups is 2. The number of hydrazone groups is 1. The van der Waals surface area contributed by atoms with Gasteiger partial charge in [-0.25, -0.2) is 13.8 Å². The summed E-state index contributed by atoms with van der Waals surface area (Å²) in [4.78, 5) is 26.9. The monoisotopic (exact) mass is 548 g/mol. The van der Waals surface area contributed by atoms with Crippen LogP contribution in [0.25, 0.3) is 0 Å². The lowest BCUT2D eigenvalue weighted by Crippen LogP contribution is -2.39. The van der Waals surface area contributed by atoms with Gasteiger partial charge >= 0.3 is 0 Å². The molecule has 3 aromatic rings. The smallest absolute Gasteiger partial charge is 0.264 e. The molecular weight excluding hydrogens is 516 g/mol. The first-order valence-corrected chi connectivity index (χ1v) is 14.2. The fourth-order valence-electron chi connectivity index (χ4n) is 4.12. The standard InChI is InChI=1S/C29H32N4O5S/c1-23-10-14-25(15-11-23)33(39(36,37)27-8-4-2-5-9-27)21-28(34)31-30-20-24-12-16-26(17-13-24)38-22-29(35)32-18-6-3-7-19-32/h2,4-5,8-17,20H,3,6-7,18-19,21-22H2,1H3,(H,31,34)/b30-20-. The summed E-state index contributed by atoms with van der Waals surface area (Å²) >= 11 is 0. The molecule has 0 aromatic heterocycles. The number of ether oxygens (including phenoxy) is 1. The molecule has 2 amide bonds. The number of carbonyl (C=O) groups excluding carboxylic acids is 2.